The molecular weight excluding hydrogens is 599 g/mol. The highest BCUT2D eigenvalue weighted by atomic mass is 19.4. The standard InChI is InChI=1S/C14H9F21O2/c15-5(16,1-3-37-4-2-36)6(17,18)7(19,20)8(21,22)9(23,24)10(25,26)11(27,28)12(29,30)13(31,32)14(33,34)35/h36H,1-4H2. The zero-order chi connectivity index (χ0) is 30.5. The summed E-state index contributed by atoms with van der Waals surface area (Å²) in [7, 11) is 0. The average Bonchev–Trinajstić information content (AvgIpc) is 2.69. The SMILES string of the molecule is OCCOCCC(F)(F)C(F)(F)C(F)(F)C(F)(F)C(F)(F)C(F)(F)C(F)(F)C(F)(F)C(F)(F)C(F)(F)F. The Morgan fingerprint density at radius 1 is 0.378 bits per heavy atom. The van der Waals surface area contributed by atoms with E-state index < -0.39 is 85.7 Å². The van der Waals surface area contributed by atoms with Crippen LogP contribution in [0, 0.1) is 0 Å². The Balaban J connectivity index is 6.80. The maximum atomic E-state index is 13.5. The van der Waals surface area contributed by atoms with Crippen LogP contribution < -0.4 is 0 Å². The van der Waals surface area contributed by atoms with E-state index in [0.717, 1.165) is 0 Å². The van der Waals surface area contributed by atoms with Gasteiger partial charge in [0.25, 0.3) is 0 Å². The van der Waals surface area contributed by atoms with E-state index in [1.807, 2.05) is 0 Å². The first kappa shape index (κ1) is 35.4. The summed E-state index contributed by atoms with van der Waals surface area (Å²) in [6.45, 7) is -3.93. The first-order valence-corrected chi connectivity index (χ1v) is 8.47. The van der Waals surface area contributed by atoms with Gasteiger partial charge >= 0.3 is 59.5 Å². The van der Waals surface area contributed by atoms with Crippen molar-refractivity contribution in [2.24, 2.45) is 0 Å². The Hall–Kier alpha value is -1.55. The van der Waals surface area contributed by atoms with E-state index in [-0.39, 0.29) is 0 Å². The van der Waals surface area contributed by atoms with Crippen LogP contribution in [0.2, 0.25) is 0 Å². The minimum Gasteiger partial charge on any atom is -0.394 e. The molecule has 0 atom stereocenters. The van der Waals surface area contributed by atoms with Crippen LogP contribution in [0.15, 0.2) is 0 Å². The van der Waals surface area contributed by atoms with Gasteiger partial charge in [0, 0.05) is 6.42 Å². The molecule has 224 valence electrons. The lowest BCUT2D eigenvalue weighted by atomic mass is 9.86. The van der Waals surface area contributed by atoms with Gasteiger partial charge in [-0.2, -0.15) is 92.2 Å². The zero-order valence-electron chi connectivity index (χ0n) is 16.6. The van der Waals surface area contributed by atoms with E-state index in [4.69, 9.17) is 5.11 Å². The van der Waals surface area contributed by atoms with E-state index in [2.05, 4.69) is 4.74 Å². The van der Waals surface area contributed by atoms with Crippen LogP contribution >= 0.6 is 0 Å². The van der Waals surface area contributed by atoms with Gasteiger partial charge in [-0.15, -0.1) is 0 Å². The Bertz CT molecular complexity index is 783. The highest BCUT2D eigenvalue weighted by molar-refractivity contribution is 5.17. The van der Waals surface area contributed by atoms with Gasteiger partial charge in [-0.25, -0.2) is 0 Å². The molecule has 0 rings (SSSR count). The van der Waals surface area contributed by atoms with Gasteiger partial charge in [-0.3, -0.25) is 0 Å². The Morgan fingerprint density at radius 2 is 0.649 bits per heavy atom. The van der Waals surface area contributed by atoms with Gasteiger partial charge < -0.3 is 9.84 Å². The number of alkyl halides is 21. The molecule has 0 aromatic heterocycles. The molecule has 0 amide bonds. The van der Waals surface area contributed by atoms with Crippen molar-refractivity contribution >= 4 is 0 Å². The highest BCUT2D eigenvalue weighted by Gasteiger charge is 2.97. The predicted molar refractivity (Wildman–Crippen MR) is 73.1 cm³/mol. The number of hydrogen-bond acceptors (Lipinski definition) is 2. The summed E-state index contributed by atoms with van der Waals surface area (Å²) >= 11 is 0. The summed E-state index contributed by atoms with van der Waals surface area (Å²) in [5.74, 6) is -77.0. The Kier molecular flexibility index (Phi) is 9.17. The van der Waals surface area contributed by atoms with Crippen LogP contribution in [0.3, 0.4) is 0 Å². The van der Waals surface area contributed by atoms with Crippen molar-refractivity contribution < 1.29 is 102 Å². The fourth-order valence-corrected chi connectivity index (χ4v) is 2.11. The summed E-state index contributed by atoms with van der Waals surface area (Å²) in [5, 5.41) is 8.22. The number of ether oxygens (including phenoxy) is 1. The monoisotopic (exact) mass is 608 g/mol. The lowest BCUT2D eigenvalue weighted by Crippen LogP contribution is -2.76. The molecule has 0 fully saturated rings. The summed E-state index contributed by atoms with van der Waals surface area (Å²) < 4.78 is 280. The minimum atomic E-state index is -9.18. The molecule has 0 saturated heterocycles. The summed E-state index contributed by atoms with van der Waals surface area (Å²) in [6, 6.07) is 0. The second kappa shape index (κ2) is 9.57. The minimum absolute atomic E-state index is 1.01. The lowest BCUT2D eigenvalue weighted by Gasteiger charge is -2.44. The van der Waals surface area contributed by atoms with Crippen LogP contribution in [-0.4, -0.2) is 84.4 Å². The second-order valence-electron chi connectivity index (χ2n) is 6.88. The molecule has 37 heavy (non-hydrogen) atoms. The van der Waals surface area contributed by atoms with Gasteiger partial charge in [0.05, 0.1) is 19.8 Å². The van der Waals surface area contributed by atoms with Gasteiger partial charge in [0.1, 0.15) is 0 Å². The molecule has 0 radical (unpaired) electrons. The van der Waals surface area contributed by atoms with E-state index in [0.29, 0.717) is 0 Å². The van der Waals surface area contributed by atoms with E-state index in [1.165, 1.54) is 0 Å². The van der Waals surface area contributed by atoms with Crippen molar-refractivity contribution in [3.05, 3.63) is 0 Å². The molecular formula is C14H9F21O2. The van der Waals surface area contributed by atoms with Gasteiger partial charge in [-0.05, 0) is 0 Å². The molecule has 0 aliphatic heterocycles. The van der Waals surface area contributed by atoms with Crippen molar-refractivity contribution in [3.8, 4) is 0 Å². The van der Waals surface area contributed by atoms with Gasteiger partial charge in [0.15, 0.2) is 0 Å². The van der Waals surface area contributed by atoms with Crippen LogP contribution in [-0.2, 0) is 4.74 Å². The fourth-order valence-electron chi connectivity index (χ4n) is 2.11. The zero-order valence-corrected chi connectivity index (χ0v) is 16.6. The summed E-state index contributed by atoms with van der Waals surface area (Å²) in [4.78, 5) is 0. The number of rotatable bonds is 13. The maximum absolute atomic E-state index is 13.5. The van der Waals surface area contributed by atoms with Crippen molar-refractivity contribution in [1.29, 1.82) is 0 Å². The normalized spacial score (nSPS) is 16.4. The topological polar surface area (TPSA) is 29.5 Å². The summed E-state index contributed by atoms with van der Waals surface area (Å²) in [6.07, 6.45) is -10.9. The molecule has 1 N–H and O–H groups in total. The molecule has 0 spiro atoms. The molecule has 0 aliphatic rings. The largest absolute Gasteiger partial charge is 0.460 e. The average molecular weight is 608 g/mol. The van der Waals surface area contributed by atoms with Crippen molar-refractivity contribution in [1.82, 2.24) is 0 Å². The molecule has 0 aromatic carbocycles. The third-order valence-corrected chi connectivity index (χ3v) is 4.37. The van der Waals surface area contributed by atoms with Crippen LogP contribution in [0.1, 0.15) is 6.42 Å². The molecule has 0 aliphatic carbocycles. The van der Waals surface area contributed by atoms with E-state index in [9.17, 15) is 92.2 Å². The van der Waals surface area contributed by atoms with E-state index in [1.54, 1.807) is 0 Å². The first-order chi connectivity index (χ1) is 15.8. The van der Waals surface area contributed by atoms with Crippen LogP contribution in [0.25, 0.3) is 0 Å². The first-order valence-electron chi connectivity index (χ1n) is 8.47. The quantitative estimate of drug-likeness (QED) is 0.187. The van der Waals surface area contributed by atoms with E-state index >= 15 is 0 Å². The smallest absolute Gasteiger partial charge is 0.394 e. The van der Waals surface area contributed by atoms with Gasteiger partial charge in [0.2, 0.25) is 0 Å². The number of aliphatic hydroxyl groups is 1. The lowest BCUT2D eigenvalue weighted by molar-refractivity contribution is -0.474. The number of aliphatic hydroxyl groups excluding tert-OH is 1. The highest BCUT2D eigenvalue weighted by Crippen LogP contribution is 2.66. The summed E-state index contributed by atoms with van der Waals surface area (Å²) in [5.41, 5.74) is 0. The maximum Gasteiger partial charge on any atom is 0.460 e. The molecule has 0 saturated carbocycles. The van der Waals surface area contributed by atoms with Crippen molar-refractivity contribution in [2.75, 3.05) is 19.8 Å². The van der Waals surface area contributed by atoms with Crippen molar-refractivity contribution in [3.63, 3.8) is 0 Å². The predicted octanol–water partition coefficient (Wildman–Crippen LogP) is 6.67. The number of halogens is 21. The Labute approximate surface area is 189 Å². The third-order valence-electron chi connectivity index (χ3n) is 4.37. The van der Waals surface area contributed by atoms with Crippen molar-refractivity contribution in [2.45, 2.75) is 65.9 Å². The second-order valence-corrected chi connectivity index (χ2v) is 6.88. The Morgan fingerprint density at radius 3 is 0.919 bits per heavy atom. The molecule has 0 unspecified atom stereocenters. The molecule has 0 heterocycles. The van der Waals surface area contributed by atoms with Crippen LogP contribution in [0.4, 0.5) is 92.2 Å². The molecule has 0 bridgehead atoms. The number of hydrogen-bond donors (Lipinski definition) is 1. The molecule has 2 nitrogen and oxygen atoms in total. The molecule has 23 heteroatoms. The van der Waals surface area contributed by atoms with Gasteiger partial charge in [-0.1, -0.05) is 0 Å². The fraction of sp³-hybridized carbons (Fsp3) is 1.00. The third kappa shape index (κ3) is 4.85. The molecule has 0 aromatic rings. The van der Waals surface area contributed by atoms with Crippen LogP contribution in [0.5, 0.6) is 0 Å².